The van der Waals surface area contributed by atoms with E-state index in [1.54, 1.807) is 6.07 Å². The van der Waals surface area contributed by atoms with Crippen molar-refractivity contribution >= 4 is 11.6 Å². The predicted molar refractivity (Wildman–Crippen MR) is 94.4 cm³/mol. The van der Waals surface area contributed by atoms with Gasteiger partial charge in [0.05, 0.1) is 5.69 Å². The molecule has 3 rings (SSSR count). The van der Waals surface area contributed by atoms with Crippen LogP contribution in [0.3, 0.4) is 0 Å². The topological polar surface area (TPSA) is 58.4 Å². The maximum atomic E-state index is 12.2. The Balaban J connectivity index is 1.52. The number of nitrogens with one attached hydrogen (secondary N) is 1. The Morgan fingerprint density at radius 3 is 3.04 bits per heavy atom. The molecule has 0 unspecified atom stereocenters. The van der Waals surface area contributed by atoms with Crippen LogP contribution < -0.4 is 10.2 Å². The zero-order chi connectivity index (χ0) is 16.9. The molecular weight excluding hydrogens is 302 g/mol. The summed E-state index contributed by atoms with van der Waals surface area (Å²) in [7, 11) is 0. The van der Waals surface area contributed by atoms with Crippen LogP contribution in [-0.4, -0.2) is 30.7 Å². The van der Waals surface area contributed by atoms with E-state index < -0.39 is 0 Å². The molecule has 0 aliphatic carbocycles. The molecule has 0 bridgehead atoms. The number of benzene rings is 1. The van der Waals surface area contributed by atoms with Gasteiger partial charge in [0.2, 0.25) is 5.76 Å². The number of para-hydroxylation sites is 1. The lowest BCUT2D eigenvalue weighted by Crippen LogP contribution is -2.37. The van der Waals surface area contributed by atoms with E-state index in [1.807, 2.05) is 0 Å². The lowest BCUT2D eigenvalue weighted by atomic mass is 10.0. The largest absolute Gasteiger partial charge is 0.370 e. The summed E-state index contributed by atoms with van der Waals surface area (Å²) < 4.78 is 5.15. The molecule has 0 saturated heterocycles. The molecule has 1 aliphatic rings. The Morgan fingerprint density at radius 1 is 1.38 bits per heavy atom. The molecule has 24 heavy (non-hydrogen) atoms. The highest BCUT2D eigenvalue weighted by atomic mass is 16.5. The molecule has 1 aromatic carbocycles. The minimum absolute atomic E-state index is 0.192. The number of anilines is 1. The van der Waals surface area contributed by atoms with Gasteiger partial charge in [0.1, 0.15) is 0 Å². The van der Waals surface area contributed by atoms with Crippen molar-refractivity contribution in [1.82, 2.24) is 10.5 Å². The first-order valence-corrected chi connectivity index (χ1v) is 8.70. The van der Waals surface area contributed by atoms with E-state index in [4.69, 9.17) is 4.52 Å². The first kappa shape index (κ1) is 16.6. The second-order valence-electron chi connectivity index (χ2n) is 6.76. The molecule has 0 saturated carbocycles. The summed E-state index contributed by atoms with van der Waals surface area (Å²) in [5.74, 6) is 0.595. The van der Waals surface area contributed by atoms with Gasteiger partial charge in [-0.3, -0.25) is 4.79 Å². The lowest BCUT2D eigenvalue weighted by Gasteiger charge is -2.31. The second kappa shape index (κ2) is 7.51. The zero-order valence-electron chi connectivity index (χ0n) is 14.4. The number of carbonyl (C=O) groups excluding carboxylic acids is 1. The van der Waals surface area contributed by atoms with Gasteiger partial charge in [-0.15, -0.1) is 0 Å². The van der Waals surface area contributed by atoms with Crippen molar-refractivity contribution in [2.24, 2.45) is 5.92 Å². The van der Waals surface area contributed by atoms with E-state index in [9.17, 15) is 4.79 Å². The molecule has 1 amide bonds. The van der Waals surface area contributed by atoms with Crippen LogP contribution in [-0.2, 0) is 12.8 Å². The van der Waals surface area contributed by atoms with Crippen LogP contribution >= 0.6 is 0 Å². The lowest BCUT2D eigenvalue weighted by molar-refractivity contribution is 0.0917. The van der Waals surface area contributed by atoms with Crippen molar-refractivity contribution in [2.45, 2.75) is 33.1 Å². The highest BCUT2D eigenvalue weighted by Crippen LogP contribution is 2.25. The van der Waals surface area contributed by atoms with E-state index in [1.165, 1.54) is 11.3 Å². The number of aromatic nitrogens is 1. The van der Waals surface area contributed by atoms with Crippen LogP contribution in [0.25, 0.3) is 0 Å². The summed E-state index contributed by atoms with van der Waals surface area (Å²) >= 11 is 0. The molecule has 1 aliphatic heterocycles. The highest BCUT2D eigenvalue weighted by molar-refractivity contribution is 5.91. The van der Waals surface area contributed by atoms with Gasteiger partial charge in [-0.25, -0.2) is 0 Å². The third-order valence-electron chi connectivity index (χ3n) is 4.27. The minimum Gasteiger partial charge on any atom is -0.370 e. The summed E-state index contributed by atoms with van der Waals surface area (Å²) in [6.07, 6.45) is 3.11. The van der Waals surface area contributed by atoms with Crippen LogP contribution in [0.5, 0.6) is 0 Å². The molecule has 1 aromatic heterocycles. The highest BCUT2D eigenvalue weighted by Gasteiger charge is 2.17. The Labute approximate surface area is 143 Å². The van der Waals surface area contributed by atoms with Crippen LogP contribution in [0.2, 0.25) is 0 Å². The van der Waals surface area contributed by atoms with Crippen molar-refractivity contribution in [3.8, 4) is 0 Å². The van der Waals surface area contributed by atoms with Crippen LogP contribution in [0.4, 0.5) is 5.69 Å². The molecule has 128 valence electrons. The monoisotopic (exact) mass is 327 g/mol. The number of carbonyl (C=O) groups is 1. The van der Waals surface area contributed by atoms with Crippen molar-refractivity contribution in [1.29, 1.82) is 0 Å². The third-order valence-corrected chi connectivity index (χ3v) is 4.27. The van der Waals surface area contributed by atoms with Crippen LogP contribution in [0.1, 0.15) is 42.1 Å². The SMILES string of the molecule is CC(C)Cc1cc(C(=O)NCCN2CCCc3ccccc32)on1. The molecule has 5 heteroatoms. The fraction of sp³-hybridized carbons (Fsp3) is 0.474. The number of hydrogen-bond donors (Lipinski definition) is 1. The van der Waals surface area contributed by atoms with E-state index in [0.717, 1.165) is 38.0 Å². The quantitative estimate of drug-likeness (QED) is 0.886. The summed E-state index contributed by atoms with van der Waals surface area (Å²) in [6.45, 7) is 6.66. The maximum absolute atomic E-state index is 12.2. The van der Waals surface area contributed by atoms with Gasteiger partial charge in [0.25, 0.3) is 5.91 Å². The van der Waals surface area contributed by atoms with Crippen molar-refractivity contribution < 1.29 is 9.32 Å². The average Bonchev–Trinajstić information content (AvgIpc) is 3.03. The molecule has 5 nitrogen and oxygen atoms in total. The van der Waals surface area contributed by atoms with Gasteiger partial charge in [0.15, 0.2) is 0 Å². The number of fused-ring (bicyclic) bond motifs is 1. The standard InChI is InChI=1S/C19H25N3O2/c1-14(2)12-16-13-18(24-21-16)19(23)20-9-11-22-10-5-7-15-6-3-4-8-17(15)22/h3-4,6,8,13-14H,5,7,9-12H2,1-2H3,(H,20,23). The number of aryl methyl sites for hydroxylation is 1. The van der Waals surface area contributed by atoms with E-state index in [2.05, 4.69) is 53.5 Å². The third kappa shape index (κ3) is 3.96. The Bertz CT molecular complexity index is 693. The smallest absolute Gasteiger partial charge is 0.289 e. The molecule has 0 spiro atoms. The number of amides is 1. The Hall–Kier alpha value is -2.30. The van der Waals surface area contributed by atoms with E-state index >= 15 is 0 Å². The molecule has 0 atom stereocenters. The van der Waals surface area contributed by atoms with Crippen LogP contribution in [0.15, 0.2) is 34.9 Å². The number of hydrogen-bond acceptors (Lipinski definition) is 4. The normalized spacial score (nSPS) is 13.9. The molecular formula is C19H25N3O2. The summed E-state index contributed by atoms with van der Waals surface area (Å²) in [6, 6.07) is 10.2. The Morgan fingerprint density at radius 2 is 2.21 bits per heavy atom. The molecule has 1 N–H and O–H groups in total. The van der Waals surface area contributed by atoms with Gasteiger partial charge in [0, 0.05) is 31.4 Å². The number of nitrogens with zero attached hydrogens (tertiary/aromatic N) is 2. The van der Waals surface area contributed by atoms with Gasteiger partial charge in [-0.05, 0) is 36.8 Å². The fourth-order valence-corrected chi connectivity index (χ4v) is 3.17. The Kier molecular flexibility index (Phi) is 5.18. The van der Waals surface area contributed by atoms with Gasteiger partial charge < -0.3 is 14.7 Å². The average molecular weight is 327 g/mol. The maximum Gasteiger partial charge on any atom is 0.289 e. The van der Waals surface area contributed by atoms with Crippen molar-refractivity contribution in [3.05, 3.63) is 47.3 Å². The molecule has 2 aromatic rings. The second-order valence-corrected chi connectivity index (χ2v) is 6.76. The number of rotatable bonds is 6. The van der Waals surface area contributed by atoms with Gasteiger partial charge in [-0.1, -0.05) is 37.2 Å². The first-order chi connectivity index (χ1) is 11.6. The molecule has 2 heterocycles. The molecule has 0 fully saturated rings. The zero-order valence-corrected chi connectivity index (χ0v) is 14.4. The predicted octanol–water partition coefficient (Wildman–Crippen LogP) is 3.06. The van der Waals surface area contributed by atoms with E-state index in [0.29, 0.717) is 18.2 Å². The minimum atomic E-state index is -0.192. The molecule has 0 radical (unpaired) electrons. The van der Waals surface area contributed by atoms with Crippen molar-refractivity contribution in [2.75, 3.05) is 24.5 Å². The summed E-state index contributed by atoms with van der Waals surface area (Å²) in [4.78, 5) is 14.5. The summed E-state index contributed by atoms with van der Waals surface area (Å²) in [5.41, 5.74) is 3.51. The van der Waals surface area contributed by atoms with Gasteiger partial charge in [-0.2, -0.15) is 0 Å². The summed E-state index contributed by atoms with van der Waals surface area (Å²) in [5, 5.41) is 6.89. The van der Waals surface area contributed by atoms with Crippen molar-refractivity contribution in [3.63, 3.8) is 0 Å². The first-order valence-electron chi connectivity index (χ1n) is 8.70. The van der Waals surface area contributed by atoms with E-state index in [-0.39, 0.29) is 5.91 Å². The fourth-order valence-electron chi connectivity index (χ4n) is 3.17. The van der Waals surface area contributed by atoms with Crippen LogP contribution in [0, 0.1) is 5.92 Å². The van der Waals surface area contributed by atoms with Gasteiger partial charge >= 0.3 is 0 Å².